The van der Waals surface area contributed by atoms with Crippen molar-refractivity contribution >= 4 is 39.0 Å². The number of rotatable bonds is 6. The zero-order valence-corrected chi connectivity index (χ0v) is 23.4. The van der Waals surface area contributed by atoms with Gasteiger partial charge in [-0.3, -0.25) is 14.9 Å². The molecule has 42 heavy (non-hydrogen) atoms. The second-order valence-corrected chi connectivity index (χ2v) is 11.1. The first kappa shape index (κ1) is 27.8. The van der Waals surface area contributed by atoms with Crippen LogP contribution in [0.5, 0.6) is 11.5 Å². The number of alkyl halides is 3. The first-order valence-corrected chi connectivity index (χ1v) is 13.9. The normalized spacial score (nSPS) is 17.6. The Labute approximate surface area is 246 Å². The molecule has 13 heteroatoms. The highest BCUT2D eigenvalue weighted by atomic mass is 79.9. The predicted octanol–water partition coefficient (Wildman–Crippen LogP) is 7.75. The molecule has 2 atom stereocenters. The van der Waals surface area contributed by atoms with Gasteiger partial charge in [0.2, 0.25) is 0 Å². The molecule has 1 amide bonds. The summed E-state index contributed by atoms with van der Waals surface area (Å²) >= 11 is 3.32. The number of hydrogen-bond donors (Lipinski definition) is 2. The Morgan fingerprint density at radius 1 is 1.05 bits per heavy atom. The van der Waals surface area contributed by atoms with Gasteiger partial charge in [-0.2, -0.15) is 18.3 Å². The molecule has 0 spiro atoms. The number of nitrogens with one attached hydrogen (secondary N) is 2. The minimum Gasteiger partial charge on any atom is -0.457 e. The van der Waals surface area contributed by atoms with Crippen LogP contribution in [-0.4, -0.2) is 26.8 Å². The molecule has 0 bridgehead atoms. The predicted molar refractivity (Wildman–Crippen MR) is 152 cm³/mol. The number of benzene rings is 3. The van der Waals surface area contributed by atoms with Gasteiger partial charge in [0.05, 0.1) is 22.7 Å². The van der Waals surface area contributed by atoms with Gasteiger partial charge in [-0.05, 0) is 60.2 Å². The van der Waals surface area contributed by atoms with Gasteiger partial charge in [0.25, 0.3) is 11.6 Å². The number of amides is 1. The van der Waals surface area contributed by atoms with Crippen LogP contribution in [0.4, 0.5) is 30.4 Å². The molecule has 216 valence electrons. The molecule has 2 aliphatic rings. The number of aryl methyl sites for hydroxylation is 2. The van der Waals surface area contributed by atoms with Crippen molar-refractivity contribution in [1.82, 2.24) is 9.78 Å². The number of halogens is 4. The molecular weight excluding hydrogens is 619 g/mol. The molecular formula is C29H23BrF3N5O4. The Morgan fingerprint density at radius 2 is 1.81 bits per heavy atom. The lowest BCUT2D eigenvalue weighted by atomic mass is 9.97. The summed E-state index contributed by atoms with van der Waals surface area (Å²) in [6.07, 6.45) is -1.98. The summed E-state index contributed by atoms with van der Waals surface area (Å²) in [5, 5.41) is 21.1. The lowest BCUT2D eigenvalue weighted by molar-refractivity contribution is -0.384. The van der Waals surface area contributed by atoms with Gasteiger partial charge in [0.15, 0.2) is 11.7 Å². The highest BCUT2D eigenvalue weighted by Crippen LogP contribution is 2.44. The highest BCUT2D eigenvalue weighted by molar-refractivity contribution is 9.10. The van der Waals surface area contributed by atoms with Crippen molar-refractivity contribution in [2.75, 3.05) is 10.6 Å². The zero-order chi connectivity index (χ0) is 29.6. The summed E-state index contributed by atoms with van der Waals surface area (Å²) < 4.78 is 49.7. The monoisotopic (exact) mass is 641 g/mol. The van der Waals surface area contributed by atoms with Crippen molar-refractivity contribution in [3.8, 4) is 11.5 Å². The van der Waals surface area contributed by atoms with Gasteiger partial charge in [-0.1, -0.05) is 34.1 Å². The van der Waals surface area contributed by atoms with Crippen molar-refractivity contribution in [3.63, 3.8) is 0 Å². The van der Waals surface area contributed by atoms with Crippen LogP contribution in [0, 0.1) is 10.1 Å². The van der Waals surface area contributed by atoms with Gasteiger partial charge in [-0.15, -0.1) is 0 Å². The minimum atomic E-state index is -4.62. The summed E-state index contributed by atoms with van der Waals surface area (Å²) in [4.78, 5) is 24.1. The number of carbonyl (C=O) groups is 1. The number of aromatic nitrogens is 2. The summed E-state index contributed by atoms with van der Waals surface area (Å²) in [6.45, 7) is 0. The van der Waals surface area contributed by atoms with Crippen molar-refractivity contribution in [1.29, 1.82) is 0 Å². The molecule has 0 saturated heterocycles. The van der Waals surface area contributed by atoms with Crippen molar-refractivity contribution < 1.29 is 27.6 Å². The summed E-state index contributed by atoms with van der Waals surface area (Å²) in [5.74, 6) is -0.178. The van der Waals surface area contributed by atoms with Crippen molar-refractivity contribution in [3.05, 3.63) is 104 Å². The molecule has 1 aromatic heterocycles. The molecule has 2 heterocycles. The summed E-state index contributed by atoms with van der Waals surface area (Å²) in [6, 6.07) is 14.9. The fourth-order valence-electron chi connectivity index (χ4n) is 5.36. The van der Waals surface area contributed by atoms with Gasteiger partial charge in [-0.25, -0.2) is 4.68 Å². The molecule has 0 saturated carbocycles. The largest absolute Gasteiger partial charge is 0.457 e. The van der Waals surface area contributed by atoms with Crippen LogP contribution in [0.2, 0.25) is 0 Å². The number of carbonyl (C=O) groups excluding carboxylic acids is 1. The van der Waals surface area contributed by atoms with E-state index in [1.807, 2.05) is 12.1 Å². The third-order valence-corrected chi connectivity index (χ3v) is 7.89. The molecule has 3 aromatic carbocycles. The average Bonchev–Trinajstić information content (AvgIpc) is 3.59. The van der Waals surface area contributed by atoms with E-state index in [2.05, 4.69) is 31.7 Å². The third-order valence-electron chi connectivity index (χ3n) is 7.36. The highest BCUT2D eigenvalue weighted by Gasteiger charge is 2.46. The smallest absolute Gasteiger partial charge is 0.410 e. The Balaban J connectivity index is 1.26. The molecule has 0 unspecified atom stereocenters. The van der Waals surface area contributed by atoms with E-state index in [9.17, 15) is 28.1 Å². The number of nitro benzene ring substituents is 1. The number of anilines is 2. The van der Waals surface area contributed by atoms with Gasteiger partial charge >= 0.3 is 6.18 Å². The lowest BCUT2D eigenvalue weighted by Gasteiger charge is -2.33. The van der Waals surface area contributed by atoms with Crippen LogP contribution in [0.25, 0.3) is 0 Å². The Kier molecular flexibility index (Phi) is 7.13. The van der Waals surface area contributed by atoms with E-state index in [4.69, 9.17) is 4.74 Å². The molecule has 0 radical (unpaired) electrons. The van der Waals surface area contributed by atoms with Crippen LogP contribution in [0.15, 0.2) is 71.2 Å². The van der Waals surface area contributed by atoms with E-state index in [0.717, 1.165) is 40.0 Å². The van der Waals surface area contributed by atoms with Crippen molar-refractivity contribution in [2.24, 2.45) is 0 Å². The molecule has 0 fully saturated rings. The van der Waals surface area contributed by atoms with E-state index in [1.165, 1.54) is 23.8 Å². The minimum absolute atomic E-state index is 0.0290. The first-order chi connectivity index (χ1) is 20.0. The maximum Gasteiger partial charge on any atom is 0.410 e. The molecule has 4 aromatic rings. The second kappa shape index (κ2) is 10.8. The molecule has 6 rings (SSSR count). The van der Waals surface area contributed by atoms with E-state index < -0.39 is 29.1 Å². The standard InChI is InChI=1S/C29H23BrF3N5O4/c30-19-7-4-17(5-8-19)24-14-26(29(31,32)33)37-27(35-24)15-25(36-37)28(39)34-20-11-21(38(40)41)13-23(12-20)42-22-9-6-16-2-1-3-18(16)10-22/h4-13,15,24,26,35H,1-3,14H2,(H,34,39)/t24-,26+/m1/s1. The van der Waals surface area contributed by atoms with Crippen LogP contribution >= 0.6 is 15.9 Å². The Morgan fingerprint density at radius 3 is 2.55 bits per heavy atom. The van der Waals surface area contributed by atoms with Gasteiger partial charge in [0.1, 0.15) is 17.3 Å². The lowest BCUT2D eigenvalue weighted by Crippen LogP contribution is -2.35. The quantitative estimate of drug-likeness (QED) is 0.164. The van der Waals surface area contributed by atoms with Crippen LogP contribution in [0.1, 0.15) is 52.1 Å². The third kappa shape index (κ3) is 5.69. The maximum atomic E-state index is 14.1. The Hall–Kier alpha value is -4.39. The number of non-ortho nitro benzene ring substituents is 1. The molecule has 1 aliphatic heterocycles. The summed E-state index contributed by atoms with van der Waals surface area (Å²) in [5.41, 5.74) is 2.47. The average molecular weight is 642 g/mol. The fourth-order valence-corrected chi connectivity index (χ4v) is 5.63. The van der Waals surface area contributed by atoms with E-state index in [1.54, 1.807) is 30.3 Å². The van der Waals surface area contributed by atoms with Crippen LogP contribution < -0.4 is 15.4 Å². The second-order valence-electron chi connectivity index (χ2n) is 10.2. The number of nitrogens with zero attached hydrogens (tertiary/aromatic N) is 3. The van der Waals surface area contributed by atoms with Crippen molar-refractivity contribution in [2.45, 2.75) is 43.9 Å². The maximum absolute atomic E-state index is 14.1. The topological polar surface area (TPSA) is 111 Å². The zero-order valence-electron chi connectivity index (χ0n) is 21.8. The molecule has 9 nitrogen and oxygen atoms in total. The van der Waals surface area contributed by atoms with E-state index in [0.29, 0.717) is 11.3 Å². The van der Waals surface area contributed by atoms with Gasteiger partial charge in [0, 0.05) is 29.1 Å². The fraction of sp³-hybridized carbons (Fsp3) is 0.241. The van der Waals surface area contributed by atoms with Gasteiger partial charge < -0.3 is 15.4 Å². The number of nitro groups is 1. The SMILES string of the molecule is O=C(Nc1cc(Oc2ccc3c(c2)CCC3)cc([N+](=O)[O-])c1)c1cc2n(n1)[C@H](C(F)(F)F)C[C@H](c1ccc(Br)cc1)N2. The number of ether oxygens (including phenoxy) is 1. The van der Waals surface area contributed by atoms with Crippen LogP contribution in [-0.2, 0) is 12.8 Å². The molecule has 2 N–H and O–H groups in total. The van der Waals surface area contributed by atoms with E-state index >= 15 is 0 Å². The number of fused-ring (bicyclic) bond motifs is 2. The molecule has 1 aliphatic carbocycles. The van der Waals surface area contributed by atoms with E-state index in [-0.39, 0.29) is 35.1 Å². The van der Waals surface area contributed by atoms with Crippen LogP contribution in [0.3, 0.4) is 0 Å². The Bertz CT molecular complexity index is 1690. The first-order valence-electron chi connectivity index (χ1n) is 13.1. The number of hydrogen-bond acceptors (Lipinski definition) is 6. The summed E-state index contributed by atoms with van der Waals surface area (Å²) in [7, 11) is 0.